The van der Waals surface area contributed by atoms with Crippen molar-refractivity contribution in [3.05, 3.63) is 29.8 Å². The summed E-state index contributed by atoms with van der Waals surface area (Å²) in [5.41, 5.74) is 0.104. The second-order valence-corrected chi connectivity index (χ2v) is 7.23. The quantitative estimate of drug-likeness (QED) is 0.499. The zero-order chi connectivity index (χ0) is 19.0. The topological polar surface area (TPSA) is 125 Å². The first-order valence-electron chi connectivity index (χ1n) is 7.42. The maximum Gasteiger partial charge on any atom is 0.251 e. The number of ether oxygens (including phenoxy) is 1. The number of hydrogen-bond donors (Lipinski definition) is 3. The number of aliphatic hydroxyl groups excluding tert-OH is 1. The molecule has 1 rings (SSSR count). The Balaban J connectivity index is 2.79. The van der Waals surface area contributed by atoms with Crippen molar-refractivity contribution < 1.29 is 27.9 Å². The highest BCUT2D eigenvalue weighted by Crippen LogP contribution is 2.11. The van der Waals surface area contributed by atoms with Crippen LogP contribution in [0, 0.1) is 0 Å². The van der Waals surface area contributed by atoms with Gasteiger partial charge in [0.05, 0.1) is 24.2 Å². The lowest BCUT2D eigenvalue weighted by Crippen LogP contribution is -2.36. The average molecular weight is 373 g/mol. The lowest BCUT2D eigenvalue weighted by atomic mass is 10.2. The molecule has 1 aromatic carbocycles. The van der Waals surface area contributed by atoms with Gasteiger partial charge in [-0.2, -0.15) is 0 Å². The average Bonchev–Trinajstić information content (AvgIpc) is 2.58. The second kappa shape index (κ2) is 9.47. The van der Waals surface area contributed by atoms with Crippen LogP contribution in [-0.2, 0) is 19.6 Å². The largest absolute Gasteiger partial charge is 0.389 e. The van der Waals surface area contributed by atoms with Gasteiger partial charge in [0.1, 0.15) is 0 Å². The molecule has 0 unspecified atom stereocenters. The number of nitrogens with zero attached hydrogens (tertiary/aromatic N) is 1. The number of rotatable bonds is 9. The summed E-state index contributed by atoms with van der Waals surface area (Å²) in [5.74, 6) is -0.849. The fourth-order valence-electron chi connectivity index (χ4n) is 1.76. The van der Waals surface area contributed by atoms with Gasteiger partial charge in [0, 0.05) is 33.3 Å². The molecule has 9 nitrogen and oxygen atoms in total. The summed E-state index contributed by atoms with van der Waals surface area (Å²) in [6.07, 6.45) is -0.983. The van der Waals surface area contributed by atoms with E-state index in [-0.39, 0.29) is 36.1 Å². The molecule has 0 spiro atoms. The minimum atomic E-state index is -3.90. The Labute approximate surface area is 147 Å². The number of hydrogen-bond acceptors (Lipinski definition) is 6. The van der Waals surface area contributed by atoms with E-state index in [4.69, 9.17) is 4.74 Å². The highest BCUT2D eigenvalue weighted by atomic mass is 32.2. The Bertz CT molecular complexity index is 705. The van der Waals surface area contributed by atoms with Crippen LogP contribution in [0.25, 0.3) is 0 Å². The standard InChI is InChI=1S/C15H23N3O6S/c1-18(2)14(20)9-16-15(21)11-5-4-6-13(7-11)25(22,23)17-8-12(19)10-24-3/h4-7,12,17,19H,8-10H2,1-3H3,(H,16,21)/t12-/m0/s1. The number of methoxy groups -OCH3 is 1. The first kappa shape index (κ1) is 21.0. The predicted octanol–water partition coefficient (Wildman–Crippen LogP) is -1.21. The van der Waals surface area contributed by atoms with Crippen molar-refractivity contribution in [2.24, 2.45) is 0 Å². The molecule has 10 heteroatoms. The van der Waals surface area contributed by atoms with Crippen LogP contribution in [0.4, 0.5) is 0 Å². The zero-order valence-electron chi connectivity index (χ0n) is 14.4. The molecule has 140 valence electrons. The molecule has 0 bridgehead atoms. The van der Waals surface area contributed by atoms with Crippen molar-refractivity contribution in [2.75, 3.05) is 40.9 Å². The van der Waals surface area contributed by atoms with E-state index in [0.29, 0.717) is 0 Å². The van der Waals surface area contributed by atoms with Gasteiger partial charge in [-0.1, -0.05) is 6.07 Å². The number of nitrogens with one attached hydrogen (secondary N) is 2. The predicted molar refractivity (Wildman–Crippen MR) is 90.5 cm³/mol. The smallest absolute Gasteiger partial charge is 0.251 e. The van der Waals surface area contributed by atoms with Crippen LogP contribution in [0.3, 0.4) is 0 Å². The van der Waals surface area contributed by atoms with Gasteiger partial charge in [-0.3, -0.25) is 9.59 Å². The molecule has 0 heterocycles. The summed E-state index contributed by atoms with van der Waals surface area (Å²) >= 11 is 0. The molecule has 0 saturated heterocycles. The molecule has 0 aliphatic rings. The summed E-state index contributed by atoms with van der Waals surface area (Å²) in [4.78, 5) is 24.7. The first-order valence-corrected chi connectivity index (χ1v) is 8.90. The normalized spacial score (nSPS) is 12.5. The fraction of sp³-hybridized carbons (Fsp3) is 0.467. The molecular formula is C15H23N3O6S. The summed E-state index contributed by atoms with van der Waals surface area (Å²) in [6.45, 7) is -0.418. The molecule has 2 amide bonds. The summed E-state index contributed by atoms with van der Waals surface area (Å²) < 4.78 is 31.4. The van der Waals surface area contributed by atoms with Gasteiger partial charge in [0.25, 0.3) is 5.91 Å². The Morgan fingerprint density at radius 3 is 2.60 bits per heavy atom. The maximum absolute atomic E-state index is 12.2. The number of sulfonamides is 1. The van der Waals surface area contributed by atoms with E-state index in [0.717, 1.165) is 0 Å². The van der Waals surface area contributed by atoms with Crippen LogP contribution in [0.1, 0.15) is 10.4 Å². The molecule has 0 radical (unpaired) electrons. The third-order valence-corrected chi connectivity index (χ3v) is 4.59. The number of likely N-dealkylation sites (N-methyl/N-ethyl adjacent to an activating group) is 1. The molecule has 0 fully saturated rings. The number of carbonyl (C=O) groups is 2. The summed E-state index contributed by atoms with van der Waals surface area (Å²) in [6, 6.07) is 5.38. The minimum Gasteiger partial charge on any atom is -0.389 e. The van der Waals surface area contributed by atoms with Crippen LogP contribution in [0.5, 0.6) is 0 Å². The van der Waals surface area contributed by atoms with E-state index >= 15 is 0 Å². The van der Waals surface area contributed by atoms with Crippen LogP contribution in [0.2, 0.25) is 0 Å². The Hall–Kier alpha value is -2.01. The van der Waals surface area contributed by atoms with Crippen LogP contribution in [0.15, 0.2) is 29.2 Å². The molecule has 25 heavy (non-hydrogen) atoms. The molecule has 0 aliphatic heterocycles. The SMILES string of the molecule is COC[C@@H](O)CNS(=O)(=O)c1cccc(C(=O)NCC(=O)N(C)C)c1. The van der Waals surface area contributed by atoms with Gasteiger partial charge < -0.3 is 20.1 Å². The van der Waals surface area contributed by atoms with Gasteiger partial charge in [-0.25, -0.2) is 13.1 Å². The molecule has 0 aliphatic carbocycles. The van der Waals surface area contributed by atoms with Gasteiger partial charge in [-0.15, -0.1) is 0 Å². The molecule has 1 aromatic rings. The van der Waals surface area contributed by atoms with E-state index in [2.05, 4.69) is 10.0 Å². The third-order valence-electron chi connectivity index (χ3n) is 3.17. The third kappa shape index (κ3) is 6.78. The van der Waals surface area contributed by atoms with Gasteiger partial charge >= 0.3 is 0 Å². The van der Waals surface area contributed by atoms with E-state index in [1.165, 1.54) is 36.3 Å². The highest BCUT2D eigenvalue weighted by molar-refractivity contribution is 7.89. The first-order chi connectivity index (χ1) is 11.7. The summed E-state index contributed by atoms with van der Waals surface area (Å²) in [7, 11) is 0.616. The number of amides is 2. The van der Waals surface area contributed by atoms with Gasteiger partial charge in [0.2, 0.25) is 15.9 Å². The van der Waals surface area contributed by atoms with Crippen molar-refractivity contribution in [3.8, 4) is 0 Å². The van der Waals surface area contributed by atoms with E-state index in [9.17, 15) is 23.1 Å². The monoisotopic (exact) mass is 373 g/mol. The molecule has 0 saturated carbocycles. The van der Waals surface area contributed by atoms with Crippen molar-refractivity contribution in [3.63, 3.8) is 0 Å². The second-order valence-electron chi connectivity index (χ2n) is 5.46. The Morgan fingerprint density at radius 2 is 2.00 bits per heavy atom. The Morgan fingerprint density at radius 1 is 1.32 bits per heavy atom. The van der Waals surface area contributed by atoms with Crippen molar-refractivity contribution >= 4 is 21.8 Å². The van der Waals surface area contributed by atoms with Crippen molar-refractivity contribution in [2.45, 2.75) is 11.0 Å². The summed E-state index contributed by atoms with van der Waals surface area (Å²) in [5, 5.41) is 11.9. The van der Waals surface area contributed by atoms with Crippen LogP contribution >= 0.6 is 0 Å². The van der Waals surface area contributed by atoms with Crippen molar-refractivity contribution in [1.29, 1.82) is 0 Å². The molecule has 0 aromatic heterocycles. The lowest BCUT2D eigenvalue weighted by molar-refractivity contribution is -0.127. The number of benzene rings is 1. The van der Waals surface area contributed by atoms with E-state index in [1.807, 2.05) is 0 Å². The lowest BCUT2D eigenvalue weighted by Gasteiger charge is -2.13. The van der Waals surface area contributed by atoms with Crippen LogP contribution < -0.4 is 10.0 Å². The molecule has 1 atom stereocenters. The van der Waals surface area contributed by atoms with E-state index in [1.54, 1.807) is 14.1 Å². The number of aliphatic hydroxyl groups is 1. The zero-order valence-corrected chi connectivity index (χ0v) is 15.2. The fourth-order valence-corrected chi connectivity index (χ4v) is 2.88. The molecular weight excluding hydrogens is 350 g/mol. The van der Waals surface area contributed by atoms with Crippen LogP contribution in [-0.4, -0.2) is 77.2 Å². The minimum absolute atomic E-state index is 0.00906. The van der Waals surface area contributed by atoms with Gasteiger partial charge in [0.15, 0.2) is 0 Å². The van der Waals surface area contributed by atoms with E-state index < -0.39 is 22.0 Å². The maximum atomic E-state index is 12.2. The van der Waals surface area contributed by atoms with Crippen molar-refractivity contribution in [1.82, 2.24) is 14.9 Å². The molecule has 3 N–H and O–H groups in total. The van der Waals surface area contributed by atoms with Gasteiger partial charge in [-0.05, 0) is 18.2 Å². The number of carbonyl (C=O) groups excluding carboxylic acids is 2. The Kier molecular flexibility index (Phi) is 7.97. The highest BCUT2D eigenvalue weighted by Gasteiger charge is 2.18.